The average molecular weight is 406 g/mol. The van der Waals surface area contributed by atoms with E-state index in [2.05, 4.69) is 5.32 Å². The Balaban J connectivity index is 1.90. The summed E-state index contributed by atoms with van der Waals surface area (Å²) >= 11 is 11.8. The van der Waals surface area contributed by atoms with Gasteiger partial charge in [-0.1, -0.05) is 0 Å². The second-order valence-corrected chi connectivity index (χ2v) is 7.58. The van der Waals surface area contributed by atoms with Crippen LogP contribution in [0.15, 0.2) is 12.1 Å². The van der Waals surface area contributed by atoms with Gasteiger partial charge in [0.25, 0.3) is 5.91 Å². The molecule has 1 aliphatic carbocycles. The van der Waals surface area contributed by atoms with Gasteiger partial charge < -0.3 is 24.3 Å². The van der Waals surface area contributed by atoms with Gasteiger partial charge in [0.05, 0.1) is 21.3 Å². The molecule has 1 N–H and O–H groups in total. The Morgan fingerprint density at radius 3 is 2.08 bits per heavy atom. The minimum atomic E-state index is -1.13. The number of benzene rings is 1. The van der Waals surface area contributed by atoms with E-state index in [9.17, 15) is 9.59 Å². The topological polar surface area (TPSA) is 83.1 Å². The lowest BCUT2D eigenvalue weighted by Crippen LogP contribution is -2.31. The highest BCUT2D eigenvalue weighted by molar-refractivity contribution is 6.53. The summed E-state index contributed by atoms with van der Waals surface area (Å²) in [6, 6.07) is 3.43. The third-order valence-electron chi connectivity index (χ3n) is 4.26. The predicted molar refractivity (Wildman–Crippen MR) is 96.1 cm³/mol. The van der Waals surface area contributed by atoms with Gasteiger partial charge in [0.1, 0.15) is 9.75 Å². The van der Waals surface area contributed by atoms with Crippen LogP contribution in [-0.4, -0.2) is 44.1 Å². The van der Waals surface area contributed by atoms with Crippen molar-refractivity contribution in [3.05, 3.63) is 17.7 Å². The van der Waals surface area contributed by atoms with Gasteiger partial charge in [-0.25, -0.2) is 0 Å². The molecule has 144 valence electrons. The molecule has 0 spiro atoms. The van der Waals surface area contributed by atoms with Crippen LogP contribution < -0.4 is 19.5 Å². The first-order valence-corrected chi connectivity index (χ1v) is 8.54. The molecule has 0 heterocycles. The summed E-state index contributed by atoms with van der Waals surface area (Å²) in [6.07, 6.45) is 0.301. The van der Waals surface area contributed by atoms with E-state index in [0.29, 0.717) is 23.7 Å². The molecule has 1 fully saturated rings. The summed E-state index contributed by atoms with van der Waals surface area (Å²) < 4.78 is 19.6. The molecule has 0 aromatic heterocycles. The lowest BCUT2D eigenvalue weighted by atomic mass is 10.1. The summed E-state index contributed by atoms with van der Waals surface area (Å²) in [4.78, 5) is 23.9. The van der Waals surface area contributed by atoms with Crippen LogP contribution in [0.2, 0.25) is 0 Å². The Hall–Kier alpha value is -1.86. The zero-order chi connectivity index (χ0) is 19.5. The van der Waals surface area contributed by atoms with E-state index < -0.39 is 28.2 Å². The number of amides is 1. The summed E-state index contributed by atoms with van der Waals surface area (Å²) in [6.45, 7) is 1.38. The van der Waals surface area contributed by atoms with E-state index in [0.717, 1.165) is 5.56 Å². The van der Waals surface area contributed by atoms with E-state index in [1.54, 1.807) is 19.1 Å². The second-order valence-electron chi connectivity index (χ2n) is 6.10. The molecule has 26 heavy (non-hydrogen) atoms. The van der Waals surface area contributed by atoms with Gasteiger partial charge in [-0.3, -0.25) is 9.59 Å². The third kappa shape index (κ3) is 4.10. The molecular formula is C17H21Cl2NO6. The first kappa shape index (κ1) is 20.5. The van der Waals surface area contributed by atoms with Crippen LogP contribution in [0.1, 0.15) is 18.9 Å². The molecule has 0 saturated heterocycles. The lowest BCUT2D eigenvalue weighted by Gasteiger charge is -2.15. The highest BCUT2D eigenvalue weighted by Crippen LogP contribution is 2.64. The Morgan fingerprint density at radius 2 is 1.65 bits per heavy atom. The monoisotopic (exact) mass is 405 g/mol. The molecule has 7 nitrogen and oxygen atoms in total. The Kier molecular flexibility index (Phi) is 6.13. The molecule has 0 radical (unpaired) electrons. The molecular weight excluding hydrogens is 385 g/mol. The summed E-state index contributed by atoms with van der Waals surface area (Å²) in [5.74, 6) is 0.369. The molecule has 1 atom stereocenters. The molecule has 2 rings (SSSR count). The quantitative estimate of drug-likeness (QED) is 0.528. The van der Waals surface area contributed by atoms with Crippen LogP contribution in [-0.2, 0) is 20.9 Å². The molecule has 9 heteroatoms. The number of esters is 1. The standard InChI is InChI=1S/C17H21Cl2NO6/c1-16(9-17(16,18)19)15(22)26-8-13(21)20-7-10-5-11(23-2)14(25-4)12(6-10)24-3/h5-6H,7-9H2,1-4H3,(H,20,21)/t16-/m1/s1. The van der Waals surface area contributed by atoms with Gasteiger partial charge >= 0.3 is 5.97 Å². The Morgan fingerprint density at radius 1 is 1.12 bits per heavy atom. The van der Waals surface area contributed by atoms with Crippen molar-refractivity contribution in [3.8, 4) is 17.2 Å². The van der Waals surface area contributed by atoms with Crippen LogP contribution in [0.25, 0.3) is 0 Å². The number of rotatable bonds is 8. The maximum atomic E-state index is 11.9. The van der Waals surface area contributed by atoms with E-state index in [-0.39, 0.29) is 6.54 Å². The molecule has 1 amide bonds. The van der Waals surface area contributed by atoms with Gasteiger partial charge in [0, 0.05) is 13.0 Å². The van der Waals surface area contributed by atoms with Crippen molar-refractivity contribution in [2.45, 2.75) is 24.2 Å². The van der Waals surface area contributed by atoms with Crippen LogP contribution >= 0.6 is 23.2 Å². The zero-order valence-electron chi connectivity index (χ0n) is 15.0. The van der Waals surface area contributed by atoms with Crippen molar-refractivity contribution in [3.63, 3.8) is 0 Å². The lowest BCUT2D eigenvalue weighted by molar-refractivity contribution is -0.153. The smallest absolute Gasteiger partial charge is 0.315 e. The first-order valence-electron chi connectivity index (χ1n) is 7.79. The molecule has 1 saturated carbocycles. The highest BCUT2D eigenvalue weighted by Gasteiger charge is 2.69. The fraction of sp³-hybridized carbons (Fsp3) is 0.529. The van der Waals surface area contributed by atoms with E-state index in [4.69, 9.17) is 42.1 Å². The largest absolute Gasteiger partial charge is 0.493 e. The number of halogens is 2. The number of ether oxygens (including phenoxy) is 4. The fourth-order valence-corrected chi connectivity index (χ4v) is 3.09. The summed E-state index contributed by atoms with van der Waals surface area (Å²) in [5, 5.41) is 2.65. The molecule has 0 aliphatic heterocycles. The van der Waals surface area contributed by atoms with Crippen LogP contribution in [0.3, 0.4) is 0 Å². The minimum Gasteiger partial charge on any atom is -0.493 e. The predicted octanol–water partition coefficient (Wildman–Crippen LogP) is 2.46. The van der Waals surface area contributed by atoms with Gasteiger partial charge in [-0.15, -0.1) is 23.2 Å². The fourth-order valence-electron chi connectivity index (χ4n) is 2.40. The van der Waals surface area contributed by atoms with Gasteiger partial charge in [0.15, 0.2) is 18.1 Å². The maximum Gasteiger partial charge on any atom is 0.315 e. The Bertz CT molecular complexity index is 683. The van der Waals surface area contributed by atoms with Crippen LogP contribution in [0.4, 0.5) is 0 Å². The Labute approximate surface area is 161 Å². The number of nitrogens with one attached hydrogen (secondary N) is 1. The van der Waals surface area contributed by atoms with Crippen molar-refractivity contribution in [2.24, 2.45) is 5.41 Å². The molecule has 0 bridgehead atoms. The van der Waals surface area contributed by atoms with E-state index in [1.807, 2.05) is 0 Å². The first-order chi connectivity index (χ1) is 12.2. The minimum absolute atomic E-state index is 0.194. The molecule has 1 aromatic rings. The zero-order valence-corrected chi connectivity index (χ0v) is 16.5. The van der Waals surface area contributed by atoms with E-state index >= 15 is 0 Å². The van der Waals surface area contributed by atoms with E-state index in [1.165, 1.54) is 21.3 Å². The number of hydrogen-bond donors (Lipinski definition) is 1. The number of carbonyl (C=O) groups is 2. The molecule has 1 aliphatic rings. The van der Waals surface area contributed by atoms with Crippen molar-refractivity contribution in [1.29, 1.82) is 0 Å². The van der Waals surface area contributed by atoms with Crippen LogP contribution in [0.5, 0.6) is 17.2 Å². The van der Waals surface area contributed by atoms with Gasteiger partial charge in [-0.2, -0.15) is 0 Å². The number of methoxy groups -OCH3 is 3. The maximum absolute atomic E-state index is 11.9. The van der Waals surface area contributed by atoms with Crippen molar-refractivity contribution in [2.75, 3.05) is 27.9 Å². The third-order valence-corrected chi connectivity index (χ3v) is 5.36. The number of alkyl halides is 2. The van der Waals surface area contributed by atoms with Crippen molar-refractivity contribution < 1.29 is 28.5 Å². The number of hydrogen-bond acceptors (Lipinski definition) is 6. The average Bonchev–Trinajstić information content (AvgIpc) is 3.15. The summed E-state index contributed by atoms with van der Waals surface area (Å²) in [5.41, 5.74) is -0.235. The SMILES string of the molecule is COc1cc(CNC(=O)COC(=O)[C@@]2(C)CC2(Cl)Cl)cc(OC)c1OC. The van der Waals surface area contributed by atoms with Crippen LogP contribution in [0, 0.1) is 5.41 Å². The summed E-state index contributed by atoms with van der Waals surface area (Å²) in [7, 11) is 4.52. The number of carbonyl (C=O) groups excluding carboxylic acids is 2. The normalized spacial score (nSPS) is 20.1. The van der Waals surface area contributed by atoms with Gasteiger partial charge in [-0.05, 0) is 24.6 Å². The molecule has 0 unspecified atom stereocenters. The van der Waals surface area contributed by atoms with Crippen molar-refractivity contribution >= 4 is 35.1 Å². The van der Waals surface area contributed by atoms with Gasteiger partial charge in [0.2, 0.25) is 5.75 Å². The van der Waals surface area contributed by atoms with Crippen molar-refractivity contribution in [1.82, 2.24) is 5.32 Å². The second kappa shape index (κ2) is 7.80. The highest BCUT2D eigenvalue weighted by atomic mass is 35.5. The molecule has 1 aromatic carbocycles.